The lowest BCUT2D eigenvalue weighted by atomic mass is 9.96. The van der Waals surface area contributed by atoms with Gasteiger partial charge in [0.1, 0.15) is 26.6 Å². The number of ketones is 1. The fraction of sp³-hybridized carbons (Fsp3) is 0.923. The molecule has 106 valence electrons. The van der Waals surface area contributed by atoms with E-state index in [0.29, 0.717) is 18.9 Å². The first-order valence-corrected chi connectivity index (χ1v) is 7.35. The summed E-state index contributed by atoms with van der Waals surface area (Å²) in [7, 11) is 0. The number of quaternary nitrogens is 1. The topological polar surface area (TPSA) is 36.0 Å². The molecule has 6 nitrogen and oxygen atoms in total. The highest BCUT2D eigenvalue weighted by molar-refractivity contribution is 5.82. The lowest BCUT2D eigenvalue weighted by Crippen LogP contribution is -2.80. The van der Waals surface area contributed by atoms with E-state index in [0.717, 1.165) is 63.9 Å². The van der Waals surface area contributed by atoms with Crippen LogP contribution in [0, 0.1) is 5.92 Å². The normalized spacial score (nSPS) is 48.4. The van der Waals surface area contributed by atoms with Crippen LogP contribution in [-0.4, -0.2) is 84.7 Å². The lowest BCUT2D eigenvalue weighted by molar-refractivity contribution is -0.973. The van der Waals surface area contributed by atoms with Crippen LogP contribution in [-0.2, 0) is 9.53 Å². The summed E-state index contributed by atoms with van der Waals surface area (Å²) < 4.78 is 6.39. The molecule has 0 amide bonds. The third kappa shape index (κ3) is 2.21. The van der Waals surface area contributed by atoms with Gasteiger partial charge in [-0.3, -0.25) is 9.28 Å². The third-order valence-electron chi connectivity index (χ3n) is 4.81. The molecule has 0 saturated carbocycles. The Morgan fingerprint density at radius 3 is 2.26 bits per heavy atom. The maximum atomic E-state index is 12.5. The average Bonchev–Trinajstić information content (AvgIpc) is 2.37. The van der Waals surface area contributed by atoms with Gasteiger partial charge in [0.25, 0.3) is 0 Å². The molecule has 5 rings (SSSR count). The van der Waals surface area contributed by atoms with Gasteiger partial charge in [0.15, 0.2) is 5.78 Å². The molecular formula is C13H23N4O2+. The maximum absolute atomic E-state index is 12.5. The summed E-state index contributed by atoms with van der Waals surface area (Å²) >= 11 is 0. The van der Waals surface area contributed by atoms with Gasteiger partial charge in [-0.25, -0.2) is 14.7 Å². The molecule has 6 heteroatoms. The van der Waals surface area contributed by atoms with Gasteiger partial charge < -0.3 is 4.74 Å². The molecule has 5 aliphatic heterocycles. The van der Waals surface area contributed by atoms with Crippen molar-refractivity contribution in [1.82, 2.24) is 14.7 Å². The fourth-order valence-corrected chi connectivity index (χ4v) is 4.26. The minimum atomic E-state index is 0.153. The minimum Gasteiger partial charge on any atom is -0.381 e. The van der Waals surface area contributed by atoms with Gasteiger partial charge in [-0.2, -0.15) is 0 Å². The van der Waals surface area contributed by atoms with Gasteiger partial charge in [-0.05, 0) is 12.8 Å². The molecule has 4 bridgehead atoms. The van der Waals surface area contributed by atoms with Gasteiger partial charge >= 0.3 is 0 Å². The minimum absolute atomic E-state index is 0.153. The van der Waals surface area contributed by atoms with Crippen LogP contribution >= 0.6 is 0 Å². The van der Waals surface area contributed by atoms with Crippen LogP contribution in [0.4, 0.5) is 0 Å². The largest absolute Gasteiger partial charge is 0.381 e. The molecule has 5 heterocycles. The Labute approximate surface area is 114 Å². The Bertz CT molecular complexity index is 346. The van der Waals surface area contributed by atoms with Crippen molar-refractivity contribution in [2.24, 2.45) is 5.92 Å². The molecule has 0 aromatic carbocycles. The molecule has 0 spiro atoms. The van der Waals surface area contributed by atoms with E-state index in [1.807, 2.05) is 0 Å². The number of nitrogens with zero attached hydrogens (tertiary/aromatic N) is 4. The van der Waals surface area contributed by atoms with Crippen molar-refractivity contribution in [2.45, 2.75) is 12.8 Å². The second-order valence-electron chi connectivity index (χ2n) is 6.74. The molecule has 5 aliphatic rings. The van der Waals surface area contributed by atoms with Gasteiger partial charge in [-0.1, -0.05) is 0 Å². The van der Waals surface area contributed by atoms with Crippen molar-refractivity contribution < 1.29 is 14.0 Å². The lowest BCUT2D eigenvalue weighted by Gasteiger charge is -2.60. The maximum Gasteiger partial charge on any atom is 0.192 e. The summed E-state index contributed by atoms with van der Waals surface area (Å²) in [6, 6.07) is 0. The molecule has 0 aliphatic carbocycles. The number of ether oxygens (including phenoxy) is 1. The van der Waals surface area contributed by atoms with E-state index in [4.69, 9.17) is 4.74 Å². The number of hydrogen-bond acceptors (Lipinski definition) is 5. The quantitative estimate of drug-likeness (QED) is 0.644. The summed E-state index contributed by atoms with van der Waals surface area (Å²) in [6.07, 6.45) is 2.07. The van der Waals surface area contributed by atoms with Crippen molar-refractivity contribution >= 4 is 5.78 Å². The average molecular weight is 267 g/mol. The number of carbonyl (C=O) groups is 1. The summed E-state index contributed by atoms with van der Waals surface area (Å²) in [5, 5.41) is 0. The number of rotatable bonds is 3. The predicted molar refractivity (Wildman–Crippen MR) is 68.4 cm³/mol. The first kappa shape index (κ1) is 12.2. The van der Waals surface area contributed by atoms with Gasteiger partial charge in [0, 0.05) is 12.5 Å². The SMILES string of the molecule is O=C(C[N+]12CN3CN(CN(C3)C1)C2)[C@@H]1CCCOC1. The molecule has 5 saturated heterocycles. The molecule has 1 atom stereocenters. The first-order chi connectivity index (χ1) is 9.22. The van der Waals surface area contributed by atoms with E-state index in [-0.39, 0.29) is 5.92 Å². The molecule has 0 radical (unpaired) electrons. The van der Waals surface area contributed by atoms with E-state index in [1.54, 1.807) is 0 Å². The second kappa shape index (κ2) is 4.49. The highest BCUT2D eigenvalue weighted by Gasteiger charge is 2.49. The Morgan fingerprint density at radius 2 is 1.74 bits per heavy atom. The van der Waals surface area contributed by atoms with Gasteiger partial charge in [0.05, 0.1) is 26.6 Å². The predicted octanol–water partition coefficient (Wildman–Crippen LogP) is -0.509. The van der Waals surface area contributed by atoms with Crippen LogP contribution in [0.5, 0.6) is 0 Å². The Kier molecular flexibility index (Phi) is 2.89. The monoisotopic (exact) mass is 267 g/mol. The van der Waals surface area contributed by atoms with Crippen LogP contribution in [0.25, 0.3) is 0 Å². The number of carbonyl (C=O) groups excluding carboxylic acids is 1. The van der Waals surface area contributed by atoms with Gasteiger partial charge in [0.2, 0.25) is 0 Å². The Morgan fingerprint density at radius 1 is 1.11 bits per heavy atom. The molecular weight excluding hydrogens is 244 g/mol. The van der Waals surface area contributed by atoms with Crippen molar-refractivity contribution in [3.8, 4) is 0 Å². The molecule has 5 fully saturated rings. The first-order valence-electron chi connectivity index (χ1n) is 7.35. The molecule has 0 N–H and O–H groups in total. The van der Waals surface area contributed by atoms with Crippen LogP contribution in [0.1, 0.15) is 12.8 Å². The van der Waals surface area contributed by atoms with Crippen molar-refractivity contribution in [1.29, 1.82) is 0 Å². The summed E-state index contributed by atoms with van der Waals surface area (Å²) in [4.78, 5) is 19.9. The van der Waals surface area contributed by atoms with Crippen LogP contribution < -0.4 is 0 Å². The summed E-state index contributed by atoms with van der Waals surface area (Å²) in [5.41, 5.74) is 0. The van der Waals surface area contributed by atoms with Gasteiger partial charge in [-0.15, -0.1) is 0 Å². The van der Waals surface area contributed by atoms with Crippen LogP contribution in [0.2, 0.25) is 0 Å². The van der Waals surface area contributed by atoms with Crippen molar-refractivity contribution in [3.05, 3.63) is 0 Å². The van der Waals surface area contributed by atoms with E-state index >= 15 is 0 Å². The van der Waals surface area contributed by atoms with Crippen LogP contribution in [0.3, 0.4) is 0 Å². The zero-order valence-corrected chi connectivity index (χ0v) is 11.5. The molecule has 0 aromatic heterocycles. The van der Waals surface area contributed by atoms with E-state index in [2.05, 4.69) is 14.7 Å². The molecule has 0 unspecified atom stereocenters. The zero-order valence-electron chi connectivity index (χ0n) is 11.5. The molecule has 0 aromatic rings. The van der Waals surface area contributed by atoms with E-state index in [9.17, 15) is 4.79 Å². The highest BCUT2D eigenvalue weighted by atomic mass is 16.5. The summed E-state index contributed by atoms with van der Waals surface area (Å²) in [5.74, 6) is 0.574. The van der Waals surface area contributed by atoms with E-state index < -0.39 is 0 Å². The fourth-order valence-electron chi connectivity index (χ4n) is 4.26. The summed E-state index contributed by atoms with van der Waals surface area (Å²) in [6.45, 7) is 8.56. The van der Waals surface area contributed by atoms with Crippen LogP contribution in [0.15, 0.2) is 0 Å². The smallest absolute Gasteiger partial charge is 0.192 e. The number of Topliss-reactive ketones (excluding diaryl/α,β-unsaturated/α-hetero) is 1. The Hall–Kier alpha value is -0.530. The highest BCUT2D eigenvalue weighted by Crippen LogP contribution is 2.29. The van der Waals surface area contributed by atoms with Crippen molar-refractivity contribution in [3.63, 3.8) is 0 Å². The molecule has 19 heavy (non-hydrogen) atoms. The standard InChI is InChI=1S/C13H23N4O2/c18-13(12-2-1-3-19-5-12)4-17-9-14-6-15(10-17)8-16(7-14)11-17/h12H,1-11H2/q+1/t12-/m1/s1. The third-order valence-corrected chi connectivity index (χ3v) is 4.81. The van der Waals surface area contributed by atoms with Crippen molar-refractivity contribution in [2.75, 3.05) is 59.8 Å². The number of hydrogen-bond donors (Lipinski definition) is 0. The zero-order chi connectivity index (χ0) is 12.9. The Balaban J connectivity index is 1.45. The second-order valence-corrected chi connectivity index (χ2v) is 6.74. The van der Waals surface area contributed by atoms with E-state index in [1.165, 1.54) is 0 Å².